The highest BCUT2D eigenvalue weighted by atomic mass is 16.5. The minimum atomic E-state index is -0.552. The van der Waals surface area contributed by atoms with Crippen molar-refractivity contribution in [2.45, 2.75) is 47.5 Å². The van der Waals surface area contributed by atoms with Crippen molar-refractivity contribution >= 4 is 17.5 Å². The van der Waals surface area contributed by atoms with E-state index in [0.29, 0.717) is 12.8 Å². The van der Waals surface area contributed by atoms with E-state index in [2.05, 4.69) is 0 Å². The molecule has 0 bridgehead atoms. The average molecular weight is 242 g/mol. The Morgan fingerprint density at radius 1 is 1.06 bits per heavy atom. The molecular weight excluding hydrogens is 220 g/mol. The molecule has 0 atom stereocenters. The molecule has 0 aliphatic carbocycles. The summed E-state index contributed by atoms with van der Waals surface area (Å²) in [5.41, 5.74) is -0.513. The molecule has 0 aliphatic heterocycles. The Hall–Kier alpha value is -1.19. The van der Waals surface area contributed by atoms with Crippen molar-refractivity contribution in [3.8, 4) is 0 Å². The molecule has 17 heavy (non-hydrogen) atoms. The van der Waals surface area contributed by atoms with Crippen LogP contribution >= 0.6 is 0 Å². The van der Waals surface area contributed by atoms with Crippen LogP contribution in [0, 0.1) is 11.3 Å². The van der Waals surface area contributed by atoms with E-state index in [0.717, 1.165) is 0 Å². The summed E-state index contributed by atoms with van der Waals surface area (Å²) < 4.78 is 5.05. The molecule has 0 amide bonds. The minimum absolute atomic E-state index is 0.125. The quantitative estimate of drug-likeness (QED) is 0.407. The Bertz CT molecular complexity index is 285. The average Bonchev–Trinajstić information content (AvgIpc) is 2.14. The van der Waals surface area contributed by atoms with Crippen LogP contribution in [0.2, 0.25) is 0 Å². The number of rotatable bonds is 6. The number of ketones is 2. The molecule has 0 aromatic rings. The number of Topliss-reactive ketones (excluding diaryl/α,β-unsaturated/α-hetero) is 2. The molecule has 0 aromatic heterocycles. The highest BCUT2D eigenvalue weighted by Crippen LogP contribution is 2.16. The SMILES string of the molecule is CC(=O)C(CCCOC(=O)C(C)(C)C)C(C)=O. The second-order valence-corrected chi connectivity index (χ2v) is 5.30. The summed E-state index contributed by atoms with van der Waals surface area (Å²) in [6.07, 6.45) is 0.980. The van der Waals surface area contributed by atoms with Crippen LogP contribution in [-0.2, 0) is 19.1 Å². The van der Waals surface area contributed by atoms with Crippen LogP contribution in [0.5, 0.6) is 0 Å². The lowest BCUT2D eigenvalue weighted by Gasteiger charge is -2.17. The highest BCUT2D eigenvalue weighted by molar-refractivity contribution is 6.00. The van der Waals surface area contributed by atoms with E-state index in [9.17, 15) is 14.4 Å². The second kappa shape index (κ2) is 6.52. The van der Waals surface area contributed by atoms with Gasteiger partial charge in [0.1, 0.15) is 11.6 Å². The van der Waals surface area contributed by atoms with Crippen LogP contribution in [0.25, 0.3) is 0 Å². The van der Waals surface area contributed by atoms with Gasteiger partial charge in [0.2, 0.25) is 0 Å². The van der Waals surface area contributed by atoms with E-state index < -0.39 is 11.3 Å². The number of hydrogen-bond donors (Lipinski definition) is 0. The summed E-state index contributed by atoms with van der Waals surface area (Å²) in [5, 5.41) is 0. The first-order valence-corrected chi connectivity index (χ1v) is 5.84. The molecule has 0 N–H and O–H groups in total. The fourth-order valence-electron chi connectivity index (χ4n) is 1.36. The van der Waals surface area contributed by atoms with Gasteiger partial charge in [0.15, 0.2) is 0 Å². The van der Waals surface area contributed by atoms with Crippen molar-refractivity contribution in [3.05, 3.63) is 0 Å². The summed E-state index contributed by atoms with van der Waals surface area (Å²) in [6, 6.07) is 0. The van der Waals surface area contributed by atoms with Gasteiger partial charge in [-0.15, -0.1) is 0 Å². The van der Waals surface area contributed by atoms with Crippen LogP contribution in [0.3, 0.4) is 0 Å². The van der Waals surface area contributed by atoms with Gasteiger partial charge < -0.3 is 4.74 Å². The Balaban J connectivity index is 3.96. The molecule has 0 saturated carbocycles. The summed E-state index contributed by atoms with van der Waals surface area (Å²) in [4.78, 5) is 33.7. The molecule has 0 unspecified atom stereocenters. The lowest BCUT2D eigenvalue weighted by molar-refractivity contribution is -0.153. The van der Waals surface area contributed by atoms with Crippen molar-refractivity contribution < 1.29 is 19.1 Å². The standard InChI is InChI=1S/C13H22O4/c1-9(14)11(10(2)15)7-6-8-17-12(16)13(3,4)5/h11H,6-8H2,1-5H3. The van der Waals surface area contributed by atoms with Crippen LogP contribution < -0.4 is 0 Å². The van der Waals surface area contributed by atoms with E-state index in [1.165, 1.54) is 13.8 Å². The molecule has 4 heteroatoms. The first-order valence-electron chi connectivity index (χ1n) is 5.84. The topological polar surface area (TPSA) is 60.4 Å². The molecule has 0 radical (unpaired) electrons. The van der Waals surface area contributed by atoms with E-state index >= 15 is 0 Å². The zero-order valence-electron chi connectivity index (χ0n) is 11.3. The largest absolute Gasteiger partial charge is 0.465 e. The van der Waals surface area contributed by atoms with Gasteiger partial charge in [-0.05, 0) is 47.5 Å². The van der Waals surface area contributed by atoms with E-state index in [4.69, 9.17) is 4.74 Å². The number of esters is 1. The molecule has 0 aliphatic rings. The zero-order chi connectivity index (χ0) is 13.6. The molecule has 0 aromatic carbocycles. The smallest absolute Gasteiger partial charge is 0.311 e. The van der Waals surface area contributed by atoms with Crippen LogP contribution in [0.15, 0.2) is 0 Å². The van der Waals surface area contributed by atoms with Gasteiger partial charge in [0.25, 0.3) is 0 Å². The van der Waals surface area contributed by atoms with Crippen molar-refractivity contribution in [1.82, 2.24) is 0 Å². The van der Waals surface area contributed by atoms with Gasteiger partial charge in [-0.2, -0.15) is 0 Å². The maximum Gasteiger partial charge on any atom is 0.311 e. The fourth-order valence-corrected chi connectivity index (χ4v) is 1.36. The number of hydrogen-bond acceptors (Lipinski definition) is 4. The van der Waals surface area contributed by atoms with Gasteiger partial charge in [-0.3, -0.25) is 14.4 Å². The second-order valence-electron chi connectivity index (χ2n) is 5.30. The molecule has 0 spiro atoms. The maximum atomic E-state index is 11.4. The van der Waals surface area contributed by atoms with Gasteiger partial charge in [-0.1, -0.05) is 0 Å². The molecule has 0 saturated heterocycles. The van der Waals surface area contributed by atoms with Crippen molar-refractivity contribution in [3.63, 3.8) is 0 Å². The van der Waals surface area contributed by atoms with E-state index in [1.807, 2.05) is 0 Å². The summed E-state index contributed by atoms with van der Waals surface area (Å²) in [7, 11) is 0. The van der Waals surface area contributed by atoms with Crippen LogP contribution in [-0.4, -0.2) is 24.1 Å². The predicted molar refractivity (Wildman–Crippen MR) is 64.5 cm³/mol. The molecule has 98 valence electrons. The van der Waals surface area contributed by atoms with Crippen molar-refractivity contribution in [2.24, 2.45) is 11.3 Å². The van der Waals surface area contributed by atoms with Crippen molar-refractivity contribution in [1.29, 1.82) is 0 Å². The van der Waals surface area contributed by atoms with Crippen molar-refractivity contribution in [2.75, 3.05) is 6.61 Å². The van der Waals surface area contributed by atoms with Gasteiger partial charge in [-0.25, -0.2) is 0 Å². The summed E-state index contributed by atoms with van der Waals surface area (Å²) >= 11 is 0. The first-order chi connectivity index (χ1) is 7.66. The molecule has 0 rings (SSSR count). The molecule has 4 nitrogen and oxygen atoms in total. The molecule has 0 fully saturated rings. The third kappa shape index (κ3) is 6.19. The lowest BCUT2D eigenvalue weighted by Crippen LogP contribution is -2.24. The van der Waals surface area contributed by atoms with Gasteiger partial charge in [0.05, 0.1) is 17.9 Å². The number of carbonyl (C=O) groups is 3. The van der Waals surface area contributed by atoms with Crippen LogP contribution in [0.4, 0.5) is 0 Å². The van der Waals surface area contributed by atoms with Crippen LogP contribution in [0.1, 0.15) is 47.5 Å². The third-order valence-corrected chi connectivity index (χ3v) is 2.46. The Kier molecular flexibility index (Phi) is 6.07. The predicted octanol–water partition coefficient (Wildman–Crippen LogP) is 2.15. The zero-order valence-corrected chi connectivity index (χ0v) is 11.3. The monoisotopic (exact) mass is 242 g/mol. The van der Waals surface area contributed by atoms with Gasteiger partial charge in [0, 0.05) is 0 Å². The van der Waals surface area contributed by atoms with E-state index in [-0.39, 0.29) is 24.1 Å². The number of carbonyl (C=O) groups excluding carboxylic acids is 3. The first kappa shape index (κ1) is 15.8. The minimum Gasteiger partial charge on any atom is -0.465 e. The Labute approximate surface area is 103 Å². The summed E-state index contributed by atoms with van der Waals surface area (Å²) in [6.45, 7) is 8.42. The Morgan fingerprint density at radius 2 is 1.53 bits per heavy atom. The maximum absolute atomic E-state index is 11.4. The normalized spacial score (nSPS) is 11.4. The fraction of sp³-hybridized carbons (Fsp3) is 0.769. The molecular formula is C13H22O4. The summed E-state index contributed by atoms with van der Waals surface area (Å²) in [5.74, 6) is -1.07. The number of ether oxygens (including phenoxy) is 1. The Morgan fingerprint density at radius 3 is 1.88 bits per heavy atom. The van der Waals surface area contributed by atoms with E-state index in [1.54, 1.807) is 20.8 Å². The lowest BCUT2D eigenvalue weighted by atomic mass is 9.95. The molecule has 0 heterocycles. The van der Waals surface area contributed by atoms with Gasteiger partial charge >= 0.3 is 5.97 Å². The highest BCUT2D eigenvalue weighted by Gasteiger charge is 2.23. The third-order valence-electron chi connectivity index (χ3n) is 2.46.